The van der Waals surface area contributed by atoms with Gasteiger partial charge >= 0.3 is 0 Å². The third-order valence-corrected chi connectivity index (χ3v) is 3.07. The van der Waals surface area contributed by atoms with Crippen LogP contribution in [-0.2, 0) is 4.79 Å². The predicted molar refractivity (Wildman–Crippen MR) is 71.6 cm³/mol. The number of carbonyl (C=O) groups excluding carboxylic acids is 1. The van der Waals surface area contributed by atoms with Crippen LogP contribution in [0.5, 0.6) is 0 Å². The summed E-state index contributed by atoms with van der Waals surface area (Å²) in [5, 5.41) is 0. The zero-order valence-corrected chi connectivity index (χ0v) is 11.4. The minimum Gasteiger partial charge on any atom is -0.295 e. The van der Waals surface area contributed by atoms with Gasteiger partial charge in [0.2, 0.25) is 0 Å². The molecule has 13 heavy (non-hydrogen) atoms. The first-order chi connectivity index (χ1) is 6.09. The Morgan fingerprint density at radius 2 is 2.08 bits per heavy atom. The van der Waals surface area contributed by atoms with Crippen LogP contribution in [0.4, 0.5) is 0 Å². The van der Waals surface area contributed by atoms with E-state index in [9.17, 15) is 4.79 Å². The number of carbonyl (C=O) groups is 1. The van der Waals surface area contributed by atoms with Crippen LogP contribution < -0.4 is 0 Å². The predicted octanol–water partition coefficient (Wildman–Crippen LogP) is 3.50. The lowest BCUT2D eigenvalue weighted by molar-refractivity contribution is -0.112. The van der Waals surface area contributed by atoms with Crippen molar-refractivity contribution in [3.05, 3.63) is 37.0 Å². The first kappa shape index (κ1) is 11.2. The van der Waals surface area contributed by atoms with E-state index in [-0.39, 0.29) is 5.78 Å². The van der Waals surface area contributed by atoms with Crippen molar-refractivity contribution < 1.29 is 4.79 Å². The normalized spacial score (nSPS) is 10.7. The summed E-state index contributed by atoms with van der Waals surface area (Å²) in [7, 11) is 0. The van der Waals surface area contributed by atoms with E-state index in [1.165, 1.54) is 7.14 Å². The number of allylic oxidation sites excluding steroid dienone is 1. The molecule has 0 saturated carbocycles. The lowest BCUT2D eigenvalue weighted by Crippen LogP contribution is -1.84. The van der Waals surface area contributed by atoms with Gasteiger partial charge in [0.15, 0.2) is 5.78 Å². The Balaban J connectivity index is 2.96. The van der Waals surface area contributed by atoms with Crippen molar-refractivity contribution in [1.82, 2.24) is 0 Å². The van der Waals surface area contributed by atoms with Crippen LogP contribution in [0.15, 0.2) is 24.3 Å². The molecule has 0 heterocycles. The molecule has 0 aromatic heterocycles. The molecule has 1 rings (SSSR count). The molecule has 0 aliphatic rings. The van der Waals surface area contributed by atoms with Gasteiger partial charge in [-0.15, -0.1) is 0 Å². The number of halogens is 2. The molecule has 0 N–H and O–H groups in total. The topological polar surface area (TPSA) is 17.1 Å². The van der Waals surface area contributed by atoms with Gasteiger partial charge in [-0.05, 0) is 75.9 Å². The Kier molecular flexibility index (Phi) is 4.37. The molecule has 0 atom stereocenters. The maximum atomic E-state index is 10.7. The van der Waals surface area contributed by atoms with Gasteiger partial charge in [0.1, 0.15) is 0 Å². The summed E-state index contributed by atoms with van der Waals surface area (Å²) in [6.45, 7) is 1.55. The highest BCUT2D eigenvalue weighted by Crippen LogP contribution is 2.17. The number of rotatable bonds is 2. The molecule has 1 aromatic carbocycles. The number of ketones is 1. The van der Waals surface area contributed by atoms with Crippen molar-refractivity contribution in [2.75, 3.05) is 0 Å². The van der Waals surface area contributed by atoms with Gasteiger partial charge in [-0.2, -0.15) is 0 Å². The molecule has 0 radical (unpaired) electrons. The third-order valence-electron chi connectivity index (χ3n) is 1.46. The quantitative estimate of drug-likeness (QED) is 0.551. The van der Waals surface area contributed by atoms with Crippen LogP contribution in [0, 0.1) is 7.14 Å². The minimum absolute atomic E-state index is 0.0781. The number of hydrogen-bond donors (Lipinski definition) is 0. The fourth-order valence-electron chi connectivity index (χ4n) is 0.844. The van der Waals surface area contributed by atoms with Gasteiger partial charge in [-0.25, -0.2) is 0 Å². The number of benzene rings is 1. The average Bonchev–Trinajstić information content (AvgIpc) is 2.02. The molecule has 1 aromatic rings. The van der Waals surface area contributed by atoms with Gasteiger partial charge < -0.3 is 0 Å². The standard InChI is InChI=1S/C10H8I2O/c1-7(13)2-3-8-4-5-9(11)6-10(8)12/h2-6H,1H3/b3-2+. The average molecular weight is 398 g/mol. The summed E-state index contributed by atoms with van der Waals surface area (Å²) in [5.74, 6) is 0.0781. The molecule has 68 valence electrons. The van der Waals surface area contributed by atoms with E-state index >= 15 is 0 Å². The second kappa shape index (κ2) is 5.09. The summed E-state index contributed by atoms with van der Waals surface area (Å²) in [5.41, 5.74) is 1.09. The van der Waals surface area contributed by atoms with E-state index in [4.69, 9.17) is 0 Å². The van der Waals surface area contributed by atoms with E-state index in [1.807, 2.05) is 18.2 Å². The Hall–Kier alpha value is 0.0900. The highest BCUT2D eigenvalue weighted by Gasteiger charge is 1.96. The van der Waals surface area contributed by atoms with E-state index < -0.39 is 0 Å². The zero-order chi connectivity index (χ0) is 9.84. The van der Waals surface area contributed by atoms with Crippen molar-refractivity contribution in [1.29, 1.82) is 0 Å². The molecule has 0 unspecified atom stereocenters. The van der Waals surface area contributed by atoms with Gasteiger partial charge in [-0.1, -0.05) is 12.1 Å². The molecule has 0 bridgehead atoms. The van der Waals surface area contributed by atoms with Gasteiger partial charge in [0.25, 0.3) is 0 Å². The van der Waals surface area contributed by atoms with Crippen molar-refractivity contribution >= 4 is 57.0 Å². The highest BCUT2D eigenvalue weighted by molar-refractivity contribution is 14.1. The second-order valence-electron chi connectivity index (χ2n) is 2.61. The SMILES string of the molecule is CC(=O)/C=C/c1ccc(I)cc1I. The highest BCUT2D eigenvalue weighted by atomic mass is 127. The first-order valence-corrected chi connectivity index (χ1v) is 5.89. The van der Waals surface area contributed by atoms with E-state index in [0.717, 1.165) is 5.56 Å². The summed E-state index contributed by atoms with van der Waals surface area (Å²) in [4.78, 5) is 10.7. The van der Waals surface area contributed by atoms with Gasteiger partial charge in [0, 0.05) is 7.14 Å². The zero-order valence-electron chi connectivity index (χ0n) is 7.05. The van der Waals surface area contributed by atoms with Gasteiger partial charge in [-0.3, -0.25) is 4.79 Å². The monoisotopic (exact) mass is 398 g/mol. The lowest BCUT2D eigenvalue weighted by atomic mass is 10.2. The van der Waals surface area contributed by atoms with Crippen LogP contribution >= 0.6 is 45.2 Å². The van der Waals surface area contributed by atoms with Crippen LogP contribution in [0.1, 0.15) is 12.5 Å². The maximum Gasteiger partial charge on any atom is 0.152 e. The Morgan fingerprint density at radius 1 is 1.38 bits per heavy atom. The molecule has 0 fully saturated rings. The van der Waals surface area contributed by atoms with Crippen molar-refractivity contribution in [2.45, 2.75) is 6.92 Å². The fourth-order valence-corrected chi connectivity index (χ4v) is 2.63. The summed E-state index contributed by atoms with van der Waals surface area (Å²) in [6.07, 6.45) is 3.44. The fraction of sp³-hybridized carbons (Fsp3) is 0.100. The molecule has 0 amide bonds. The van der Waals surface area contributed by atoms with Crippen LogP contribution in [-0.4, -0.2) is 5.78 Å². The van der Waals surface area contributed by atoms with Crippen molar-refractivity contribution in [2.24, 2.45) is 0 Å². The number of hydrogen-bond acceptors (Lipinski definition) is 1. The first-order valence-electron chi connectivity index (χ1n) is 3.73. The molecular weight excluding hydrogens is 390 g/mol. The molecule has 0 aliphatic carbocycles. The van der Waals surface area contributed by atoms with Crippen molar-refractivity contribution in [3.8, 4) is 0 Å². The largest absolute Gasteiger partial charge is 0.295 e. The molecule has 0 saturated heterocycles. The molecule has 1 nitrogen and oxygen atoms in total. The molecular formula is C10H8I2O. The second-order valence-corrected chi connectivity index (χ2v) is 5.02. The Labute approximate surface area is 105 Å². The van der Waals surface area contributed by atoms with Crippen LogP contribution in [0.3, 0.4) is 0 Å². The van der Waals surface area contributed by atoms with Gasteiger partial charge in [0.05, 0.1) is 0 Å². The smallest absolute Gasteiger partial charge is 0.152 e. The third kappa shape index (κ3) is 3.76. The summed E-state index contributed by atoms with van der Waals surface area (Å²) >= 11 is 4.53. The summed E-state index contributed by atoms with van der Waals surface area (Å²) < 4.78 is 2.38. The maximum absolute atomic E-state index is 10.7. The van der Waals surface area contributed by atoms with Crippen LogP contribution in [0.2, 0.25) is 0 Å². The minimum atomic E-state index is 0.0781. The van der Waals surface area contributed by atoms with E-state index in [1.54, 1.807) is 13.0 Å². The van der Waals surface area contributed by atoms with E-state index in [0.29, 0.717) is 0 Å². The Morgan fingerprint density at radius 3 is 2.62 bits per heavy atom. The molecule has 0 aliphatic heterocycles. The Bertz CT molecular complexity index is 356. The van der Waals surface area contributed by atoms with Crippen molar-refractivity contribution in [3.63, 3.8) is 0 Å². The van der Waals surface area contributed by atoms with Crippen LogP contribution in [0.25, 0.3) is 6.08 Å². The summed E-state index contributed by atoms with van der Waals surface area (Å²) in [6, 6.07) is 6.13. The van der Waals surface area contributed by atoms with E-state index in [2.05, 4.69) is 51.2 Å². The molecule has 3 heteroatoms. The molecule has 0 spiro atoms. The lowest BCUT2D eigenvalue weighted by Gasteiger charge is -1.98.